The lowest BCUT2D eigenvalue weighted by atomic mass is 10.2. The molecule has 152 valence electrons. The summed E-state index contributed by atoms with van der Waals surface area (Å²) in [6, 6.07) is 10.8. The number of piperazine rings is 1. The molecule has 3 heterocycles. The second-order valence-electron chi connectivity index (χ2n) is 6.74. The Morgan fingerprint density at radius 1 is 1.03 bits per heavy atom. The van der Waals surface area contributed by atoms with Gasteiger partial charge in [-0.05, 0) is 18.2 Å². The Balaban J connectivity index is 1.40. The minimum Gasteiger partial charge on any atom is -0.353 e. The van der Waals surface area contributed by atoms with E-state index in [2.05, 4.69) is 20.1 Å². The van der Waals surface area contributed by atoms with Crippen LogP contribution in [0.3, 0.4) is 0 Å². The first-order valence-corrected chi connectivity index (χ1v) is 9.44. The smallest absolute Gasteiger partial charge is 0.353 e. The number of alkyl halides is 3. The Morgan fingerprint density at radius 3 is 2.41 bits per heavy atom. The van der Waals surface area contributed by atoms with Crippen molar-refractivity contribution in [3.63, 3.8) is 0 Å². The van der Waals surface area contributed by atoms with E-state index >= 15 is 0 Å². The number of anilines is 1. The molecule has 4 rings (SSSR count). The maximum absolute atomic E-state index is 12.8. The molecule has 6 nitrogen and oxygen atoms in total. The Kier molecular flexibility index (Phi) is 5.42. The molecule has 1 aliphatic heterocycles. The zero-order valence-electron chi connectivity index (χ0n) is 15.3. The predicted molar refractivity (Wildman–Crippen MR) is 103 cm³/mol. The van der Waals surface area contributed by atoms with Gasteiger partial charge in [0, 0.05) is 38.1 Å². The zero-order chi connectivity index (χ0) is 20.4. The number of para-hydroxylation sites is 1. The molecule has 1 saturated heterocycles. The topological polar surface area (TPSA) is 50.1 Å². The van der Waals surface area contributed by atoms with Crippen LogP contribution >= 0.6 is 11.6 Å². The third-order valence-electron chi connectivity index (χ3n) is 4.84. The van der Waals surface area contributed by atoms with E-state index in [1.807, 2.05) is 39.8 Å². The second kappa shape index (κ2) is 8.00. The summed E-state index contributed by atoms with van der Waals surface area (Å²) < 4.78 is 40.3. The van der Waals surface area contributed by atoms with E-state index in [4.69, 9.17) is 11.6 Å². The van der Waals surface area contributed by atoms with Gasteiger partial charge in [-0.2, -0.15) is 13.2 Å². The number of rotatable bonds is 4. The summed E-state index contributed by atoms with van der Waals surface area (Å²) >= 11 is 6.07. The third-order valence-corrected chi connectivity index (χ3v) is 5.12. The molecule has 1 fully saturated rings. The van der Waals surface area contributed by atoms with E-state index in [9.17, 15) is 13.2 Å². The lowest BCUT2D eigenvalue weighted by Crippen LogP contribution is -2.46. The van der Waals surface area contributed by atoms with E-state index in [0.29, 0.717) is 38.5 Å². The zero-order valence-corrected chi connectivity index (χ0v) is 16.1. The SMILES string of the molecule is FC(F)(F)c1cnc(N2CCN(Cc3nncn3-c3ccccc3)CC2)c(Cl)c1. The fourth-order valence-electron chi connectivity index (χ4n) is 3.31. The number of aromatic nitrogens is 4. The number of hydrogen-bond donors (Lipinski definition) is 0. The van der Waals surface area contributed by atoms with E-state index in [1.54, 1.807) is 6.33 Å². The van der Waals surface area contributed by atoms with Gasteiger partial charge in [-0.25, -0.2) is 4.98 Å². The Morgan fingerprint density at radius 2 is 1.76 bits per heavy atom. The molecular weight excluding hydrogens is 405 g/mol. The van der Waals surface area contributed by atoms with Crippen molar-refractivity contribution in [3.05, 3.63) is 65.3 Å². The van der Waals surface area contributed by atoms with Crippen LogP contribution in [0.5, 0.6) is 0 Å². The van der Waals surface area contributed by atoms with Crippen LogP contribution in [0, 0.1) is 0 Å². The fraction of sp³-hybridized carbons (Fsp3) is 0.316. The van der Waals surface area contributed by atoms with Crippen molar-refractivity contribution in [3.8, 4) is 5.69 Å². The Bertz CT molecular complexity index is 968. The number of nitrogens with zero attached hydrogens (tertiary/aromatic N) is 6. The van der Waals surface area contributed by atoms with E-state index in [-0.39, 0.29) is 5.02 Å². The van der Waals surface area contributed by atoms with E-state index < -0.39 is 11.7 Å². The first-order chi connectivity index (χ1) is 13.9. The van der Waals surface area contributed by atoms with Crippen molar-refractivity contribution < 1.29 is 13.2 Å². The van der Waals surface area contributed by atoms with Gasteiger partial charge in [0.1, 0.15) is 12.1 Å². The molecule has 3 aromatic rings. The normalized spacial score (nSPS) is 15.7. The predicted octanol–water partition coefficient (Wildman–Crippen LogP) is 3.66. The van der Waals surface area contributed by atoms with Gasteiger partial charge in [0.2, 0.25) is 0 Å². The molecule has 2 aromatic heterocycles. The highest BCUT2D eigenvalue weighted by Gasteiger charge is 2.32. The molecule has 0 N–H and O–H groups in total. The summed E-state index contributed by atoms with van der Waals surface area (Å²) in [7, 11) is 0. The van der Waals surface area contributed by atoms with E-state index in [1.165, 1.54) is 0 Å². The largest absolute Gasteiger partial charge is 0.417 e. The summed E-state index contributed by atoms with van der Waals surface area (Å²) in [5.74, 6) is 1.21. The molecule has 10 heteroatoms. The molecule has 0 aliphatic carbocycles. The lowest BCUT2D eigenvalue weighted by Gasteiger charge is -2.35. The van der Waals surface area contributed by atoms with Gasteiger partial charge in [-0.3, -0.25) is 9.47 Å². The summed E-state index contributed by atoms with van der Waals surface area (Å²) in [6.07, 6.45) is -1.94. The van der Waals surface area contributed by atoms with Gasteiger partial charge < -0.3 is 4.90 Å². The number of benzene rings is 1. The minimum absolute atomic E-state index is 0.0112. The van der Waals surface area contributed by atoms with Crippen LogP contribution in [-0.2, 0) is 12.7 Å². The Labute approximate surface area is 170 Å². The average Bonchev–Trinajstić information content (AvgIpc) is 3.17. The highest BCUT2D eigenvalue weighted by atomic mass is 35.5. The molecule has 0 bridgehead atoms. The highest BCUT2D eigenvalue weighted by molar-refractivity contribution is 6.33. The molecule has 0 saturated carbocycles. The van der Waals surface area contributed by atoms with Gasteiger partial charge in [0.05, 0.1) is 17.1 Å². The van der Waals surface area contributed by atoms with Crippen LogP contribution in [0.4, 0.5) is 19.0 Å². The number of pyridine rings is 1. The van der Waals surface area contributed by atoms with Crippen LogP contribution in [0.2, 0.25) is 5.02 Å². The van der Waals surface area contributed by atoms with Crippen molar-refractivity contribution in [1.29, 1.82) is 0 Å². The standard InChI is InChI=1S/C19H18ClF3N6/c20-16-10-14(19(21,22)23)11-24-18(16)28-8-6-27(7-9-28)12-17-26-25-13-29(17)15-4-2-1-3-5-15/h1-5,10-11,13H,6-9,12H2. The van der Waals surface area contributed by atoms with E-state index in [0.717, 1.165) is 23.8 Å². The molecule has 1 aromatic carbocycles. The van der Waals surface area contributed by atoms with Crippen molar-refractivity contribution in [2.45, 2.75) is 12.7 Å². The quantitative estimate of drug-likeness (QED) is 0.642. The third kappa shape index (κ3) is 4.35. The van der Waals surface area contributed by atoms with Crippen LogP contribution in [-0.4, -0.2) is 50.8 Å². The molecule has 1 aliphatic rings. The van der Waals surface area contributed by atoms with Crippen LogP contribution < -0.4 is 4.90 Å². The highest BCUT2D eigenvalue weighted by Crippen LogP contribution is 2.33. The van der Waals surface area contributed by atoms with Gasteiger partial charge in [-0.1, -0.05) is 29.8 Å². The average molecular weight is 423 g/mol. The van der Waals surface area contributed by atoms with Gasteiger partial charge >= 0.3 is 6.18 Å². The van der Waals surface area contributed by atoms with Crippen LogP contribution in [0.1, 0.15) is 11.4 Å². The van der Waals surface area contributed by atoms with Crippen molar-refractivity contribution in [2.24, 2.45) is 0 Å². The minimum atomic E-state index is -4.46. The molecule has 0 amide bonds. The van der Waals surface area contributed by atoms with Gasteiger partial charge in [0.25, 0.3) is 0 Å². The van der Waals surface area contributed by atoms with Crippen LogP contribution in [0.25, 0.3) is 5.69 Å². The van der Waals surface area contributed by atoms with Crippen molar-refractivity contribution in [2.75, 3.05) is 31.1 Å². The number of hydrogen-bond acceptors (Lipinski definition) is 5. The molecule has 0 atom stereocenters. The maximum atomic E-state index is 12.8. The second-order valence-corrected chi connectivity index (χ2v) is 7.15. The number of halogens is 4. The first-order valence-electron chi connectivity index (χ1n) is 9.06. The molecular formula is C19H18ClF3N6. The van der Waals surface area contributed by atoms with Crippen molar-refractivity contribution >= 4 is 17.4 Å². The first kappa shape index (κ1) is 19.7. The molecule has 0 radical (unpaired) electrons. The fourth-order valence-corrected chi connectivity index (χ4v) is 3.59. The summed E-state index contributed by atoms with van der Waals surface area (Å²) in [4.78, 5) is 8.08. The maximum Gasteiger partial charge on any atom is 0.417 e. The summed E-state index contributed by atoms with van der Waals surface area (Å²) in [5, 5.41) is 8.26. The van der Waals surface area contributed by atoms with Crippen molar-refractivity contribution in [1.82, 2.24) is 24.6 Å². The Hall–Kier alpha value is -2.65. The van der Waals surface area contributed by atoms with Crippen LogP contribution in [0.15, 0.2) is 48.9 Å². The molecule has 0 spiro atoms. The lowest BCUT2D eigenvalue weighted by molar-refractivity contribution is -0.137. The summed E-state index contributed by atoms with van der Waals surface area (Å²) in [6.45, 7) is 3.26. The van der Waals surface area contributed by atoms with Gasteiger partial charge in [-0.15, -0.1) is 10.2 Å². The monoisotopic (exact) mass is 422 g/mol. The molecule has 29 heavy (non-hydrogen) atoms. The summed E-state index contributed by atoms with van der Waals surface area (Å²) in [5.41, 5.74) is 0.150. The molecule has 0 unspecified atom stereocenters. The van der Waals surface area contributed by atoms with Gasteiger partial charge in [0.15, 0.2) is 5.82 Å².